The zero-order valence-electron chi connectivity index (χ0n) is 5.50. The van der Waals surface area contributed by atoms with Crippen LogP contribution in [0.1, 0.15) is 0 Å². The van der Waals surface area contributed by atoms with Gasteiger partial charge in [-0.2, -0.15) is 29.4 Å². The van der Waals surface area contributed by atoms with Crippen molar-refractivity contribution in [2.24, 2.45) is 5.11 Å². The molecule has 0 rings (SSSR count). The average molecular weight is 219 g/mol. The molecule has 0 aromatic rings. The van der Waals surface area contributed by atoms with Crippen LogP contribution in [-0.4, -0.2) is 34.9 Å². The molecule has 0 saturated heterocycles. The molecule has 0 bridgehead atoms. The second-order valence-corrected chi connectivity index (χ2v) is 5.63. The zero-order chi connectivity index (χ0) is 9.99. The molecular formula is CH7N3O6P2+2. The Morgan fingerprint density at radius 3 is 1.42 bits per heavy atom. The monoisotopic (exact) mass is 219 g/mol. The largest absolute Gasteiger partial charge is 0.461 e. The fraction of sp³-hybridized carbons (Fsp3) is 1.00. The highest BCUT2D eigenvalue weighted by atomic mass is 31.3. The van der Waals surface area contributed by atoms with E-state index < -0.39 is 21.4 Å². The van der Waals surface area contributed by atoms with E-state index in [2.05, 4.69) is 5.11 Å². The molecule has 0 aliphatic carbocycles. The van der Waals surface area contributed by atoms with Crippen molar-refractivity contribution in [1.29, 1.82) is 0 Å². The molecule has 9 nitrogen and oxygen atoms in total. The van der Waals surface area contributed by atoms with E-state index in [4.69, 9.17) is 34.9 Å². The van der Waals surface area contributed by atoms with Crippen LogP contribution in [0.3, 0.4) is 0 Å². The van der Waals surface area contributed by atoms with E-state index in [-0.39, 0.29) is 0 Å². The number of hydrogen-bond donors (Lipinski definition) is 6. The molecule has 6 N–H and O–H groups in total. The molecule has 0 spiro atoms. The molecule has 0 atom stereocenters. The van der Waals surface area contributed by atoms with Crippen LogP contribution >= 0.6 is 15.9 Å². The lowest BCUT2D eigenvalue weighted by Gasteiger charge is -2.11. The van der Waals surface area contributed by atoms with Crippen LogP contribution in [0, 0.1) is 0 Å². The third kappa shape index (κ3) is 3.55. The molecule has 0 aliphatic heterocycles. The summed E-state index contributed by atoms with van der Waals surface area (Å²) in [7, 11) is -9.57. The van der Waals surface area contributed by atoms with Crippen molar-refractivity contribution < 1.29 is 29.4 Å². The minimum atomic E-state index is -4.78. The van der Waals surface area contributed by atoms with Crippen molar-refractivity contribution in [2.45, 2.75) is 5.52 Å². The summed E-state index contributed by atoms with van der Waals surface area (Å²) in [5.41, 5.74) is 5.38. The first-order valence-corrected chi connectivity index (χ1v) is 5.81. The molecule has 0 aliphatic rings. The van der Waals surface area contributed by atoms with Crippen molar-refractivity contribution >= 4 is 15.9 Å². The number of hydrogen-bond acceptors (Lipinski definition) is 7. The van der Waals surface area contributed by atoms with Crippen LogP contribution in [0.2, 0.25) is 0 Å². The van der Waals surface area contributed by atoms with Crippen LogP contribution in [0.25, 0.3) is 10.4 Å². The molecule has 11 heteroatoms. The minimum absolute atomic E-state index is 1.99. The third-order valence-corrected chi connectivity index (χ3v) is 4.08. The number of rotatable bonds is 3. The quantitative estimate of drug-likeness (QED) is 0.155. The van der Waals surface area contributed by atoms with Gasteiger partial charge in [-0.15, -0.1) is 0 Å². The van der Waals surface area contributed by atoms with E-state index >= 15 is 0 Å². The van der Waals surface area contributed by atoms with Crippen LogP contribution in [-0.2, 0) is 0 Å². The summed E-state index contributed by atoms with van der Waals surface area (Å²) < 4.78 is 0. The summed E-state index contributed by atoms with van der Waals surface area (Å²) in [4.78, 5) is 52.7. The third-order valence-electron chi connectivity index (χ3n) is 0.775. The van der Waals surface area contributed by atoms with Crippen LogP contribution in [0.15, 0.2) is 5.11 Å². The van der Waals surface area contributed by atoms with Gasteiger partial charge in [0, 0.05) is 10.0 Å². The predicted molar refractivity (Wildman–Crippen MR) is 40.1 cm³/mol. The summed E-state index contributed by atoms with van der Waals surface area (Å²) in [6, 6.07) is 0. The normalized spacial score (nSPS) is 12.9. The van der Waals surface area contributed by atoms with Gasteiger partial charge in [-0.1, -0.05) is 0 Å². The first kappa shape index (κ1) is 11.9. The van der Waals surface area contributed by atoms with Gasteiger partial charge < -0.3 is 0 Å². The number of nitrogens with zero attached hydrogens (tertiary/aromatic N) is 3. The second-order valence-electron chi connectivity index (χ2n) is 1.78. The maximum Gasteiger partial charge on any atom is 0.461 e. The summed E-state index contributed by atoms with van der Waals surface area (Å²) in [5.74, 6) is 0. The Morgan fingerprint density at radius 2 is 1.33 bits per heavy atom. The van der Waals surface area contributed by atoms with Gasteiger partial charge in [0.2, 0.25) is 0 Å². The Balaban J connectivity index is 4.81. The van der Waals surface area contributed by atoms with Crippen molar-refractivity contribution in [2.75, 3.05) is 0 Å². The SMILES string of the molecule is [N-]=[N+]=NC([P+](O)(O)O)[P+](O)(O)O. The Morgan fingerprint density at radius 1 is 1.00 bits per heavy atom. The van der Waals surface area contributed by atoms with Gasteiger partial charge in [-0.25, -0.2) is 0 Å². The van der Waals surface area contributed by atoms with E-state index in [0.29, 0.717) is 0 Å². The molecule has 0 aromatic carbocycles. The lowest BCUT2D eigenvalue weighted by molar-refractivity contribution is 0.292. The van der Waals surface area contributed by atoms with Gasteiger partial charge in [0.05, 0.1) is 0 Å². The Labute approximate surface area is 67.3 Å². The lowest BCUT2D eigenvalue weighted by Crippen LogP contribution is -2.14. The topological polar surface area (TPSA) is 170 Å². The lowest BCUT2D eigenvalue weighted by atomic mass is 11.5. The van der Waals surface area contributed by atoms with Crippen LogP contribution in [0.5, 0.6) is 0 Å². The van der Waals surface area contributed by atoms with Crippen molar-refractivity contribution in [3.63, 3.8) is 0 Å². The van der Waals surface area contributed by atoms with Gasteiger partial charge in [0.25, 0.3) is 0 Å². The smallest absolute Gasteiger partial charge is 0.190 e. The highest BCUT2D eigenvalue weighted by Gasteiger charge is 2.64. The average Bonchev–Trinajstić information content (AvgIpc) is 1.77. The molecular weight excluding hydrogens is 212 g/mol. The zero-order valence-corrected chi connectivity index (χ0v) is 7.29. The molecule has 0 radical (unpaired) electrons. The summed E-state index contributed by atoms with van der Waals surface area (Å²) in [6.45, 7) is 0. The van der Waals surface area contributed by atoms with Gasteiger partial charge >= 0.3 is 21.4 Å². The second kappa shape index (κ2) is 3.76. The molecule has 0 heterocycles. The highest BCUT2D eigenvalue weighted by molar-refractivity contribution is 7.77. The van der Waals surface area contributed by atoms with Crippen molar-refractivity contribution in [3.05, 3.63) is 10.4 Å². The van der Waals surface area contributed by atoms with E-state index in [1.807, 2.05) is 4.91 Å². The number of azide groups is 1. The highest BCUT2D eigenvalue weighted by Crippen LogP contribution is 2.69. The summed E-state index contributed by atoms with van der Waals surface area (Å²) >= 11 is 0. The van der Waals surface area contributed by atoms with E-state index in [9.17, 15) is 0 Å². The van der Waals surface area contributed by atoms with E-state index in [0.717, 1.165) is 0 Å². The molecule has 0 fully saturated rings. The van der Waals surface area contributed by atoms with Crippen LogP contribution < -0.4 is 0 Å². The molecule has 0 aromatic heterocycles. The Kier molecular flexibility index (Phi) is 3.74. The summed E-state index contributed by atoms with van der Waals surface area (Å²) in [6.07, 6.45) is 0. The minimum Gasteiger partial charge on any atom is -0.190 e. The molecule has 0 amide bonds. The van der Waals surface area contributed by atoms with Gasteiger partial charge in [0.1, 0.15) is 0 Å². The van der Waals surface area contributed by atoms with E-state index in [1.54, 1.807) is 0 Å². The molecule has 0 saturated carbocycles. The predicted octanol–water partition coefficient (Wildman–Crippen LogP) is -0.941. The van der Waals surface area contributed by atoms with Crippen LogP contribution in [0.4, 0.5) is 0 Å². The first-order valence-electron chi connectivity index (χ1n) is 2.37. The standard InChI is InChI=1S/CH7N3O6P2/c2-4-3-1(11(5,6)7)12(8,9)10/h1,5-10H/q+2. The first-order chi connectivity index (χ1) is 5.19. The van der Waals surface area contributed by atoms with Crippen molar-refractivity contribution in [1.82, 2.24) is 0 Å². The maximum absolute atomic E-state index is 8.45. The fourth-order valence-electron chi connectivity index (χ4n) is 0.393. The molecule has 70 valence electrons. The Hall–Kier alpha value is -0.0700. The molecule has 12 heavy (non-hydrogen) atoms. The van der Waals surface area contributed by atoms with Crippen molar-refractivity contribution in [3.8, 4) is 0 Å². The Bertz CT molecular complexity index is 186. The summed E-state index contributed by atoms with van der Waals surface area (Å²) in [5, 5.41) is 2.45. The van der Waals surface area contributed by atoms with E-state index in [1.165, 1.54) is 0 Å². The maximum atomic E-state index is 8.45. The molecule has 0 unspecified atom stereocenters. The van der Waals surface area contributed by atoms with Gasteiger partial charge in [0.15, 0.2) is 0 Å². The van der Waals surface area contributed by atoms with Gasteiger partial charge in [-0.05, 0) is 5.53 Å². The fourth-order valence-corrected chi connectivity index (χ4v) is 2.42. The van der Waals surface area contributed by atoms with Gasteiger partial charge in [-0.3, -0.25) is 0 Å².